The Morgan fingerprint density at radius 2 is 2.04 bits per heavy atom. The van der Waals surface area contributed by atoms with Crippen LogP contribution >= 0.6 is 0 Å². The Bertz CT molecular complexity index is 1000. The minimum absolute atomic E-state index is 0.0172. The number of carbonyl (C=O) groups excluding carboxylic acids is 1. The molecule has 28 heavy (non-hydrogen) atoms. The Morgan fingerprint density at radius 3 is 2.93 bits per heavy atom. The maximum absolute atomic E-state index is 12.8. The zero-order valence-electron chi connectivity index (χ0n) is 16.4. The van der Waals surface area contributed by atoms with Crippen molar-refractivity contribution in [3.63, 3.8) is 0 Å². The van der Waals surface area contributed by atoms with Crippen molar-refractivity contribution in [1.82, 2.24) is 20.3 Å². The molecule has 0 bridgehead atoms. The summed E-state index contributed by atoms with van der Waals surface area (Å²) in [6.45, 7) is 6.36. The Balaban J connectivity index is 1.42. The van der Waals surface area contributed by atoms with Crippen LogP contribution in [0.1, 0.15) is 29.5 Å². The highest BCUT2D eigenvalue weighted by atomic mass is 16.1. The first-order chi connectivity index (χ1) is 13.6. The molecule has 144 valence electrons. The van der Waals surface area contributed by atoms with E-state index in [9.17, 15) is 4.79 Å². The van der Waals surface area contributed by atoms with E-state index < -0.39 is 0 Å². The summed E-state index contributed by atoms with van der Waals surface area (Å²) in [5, 5.41) is 3.13. The first-order valence-corrected chi connectivity index (χ1v) is 9.76. The predicted octanol–water partition coefficient (Wildman–Crippen LogP) is 3.17. The molecule has 1 aliphatic heterocycles. The van der Waals surface area contributed by atoms with Gasteiger partial charge in [0.05, 0.1) is 17.8 Å². The average molecular weight is 375 g/mol. The molecule has 0 aliphatic carbocycles. The lowest BCUT2D eigenvalue weighted by Gasteiger charge is -2.33. The number of amides is 1. The number of nitrogens with zero attached hydrogens (tertiary/aromatic N) is 4. The number of aryl methyl sites for hydroxylation is 2. The topological polar surface area (TPSA) is 71.0 Å². The van der Waals surface area contributed by atoms with Crippen molar-refractivity contribution in [3.8, 4) is 0 Å². The van der Waals surface area contributed by atoms with E-state index in [-0.39, 0.29) is 11.8 Å². The van der Waals surface area contributed by atoms with Gasteiger partial charge in [0.2, 0.25) is 5.91 Å². The van der Waals surface area contributed by atoms with Gasteiger partial charge in [-0.2, -0.15) is 0 Å². The average Bonchev–Trinajstić information content (AvgIpc) is 2.74. The summed E-state index contributed by atoms with van der Waals surface area (Å²) in [5.41, 5.74) is 6.02. The Labute approximate surface area is 165 Å². The third-order valence-electron chi connectivity index (χ3n) is 5.42. The molecular formula is C22H25N5O. The van der Waals surface area contributed by atoms with Gasteiger partial charge in [-0.25, -0.2) is 9.97 Å². The van der Waals surface area contributed by atoms with Gasteiger partial charge in [0.25, 0.3) is 0 Å². The third-order valence-corrected chi connectivity index (χ3v) is 5.42. The molecule has 1 N–H and O–H groups in total. The second-order valence-corrected chi connectivity index (χ2v) is 7.53. The SMILES string of the molecule is Cc1ccc(C)c(CNC(=O)[C@@H]2CCCN(c3cnc4nccnc4c3)C2)c1. The van der Waals surface area contributed by atoms with Crippen LogP contribution in [0.3, 0.4) is 0 Å². The molecule has 1 aliphatic rings. The zero-order valence-corrected chi connectivity index (χ0v) is 16.4. The monoisotopic (exact) mass is 375 g/mol. The van der Waals surface area contributed by atoms with E-state index >= 15 is 0 Å². The van der Waals surface area contributed by atoms with Crippen molar-refractivity contribution >= 4 is 22.8 Å². The van der Waals surface area contributed by atoms with Crippen LogP contribution in [0.15, 0.2) is 42.9 Å². The van der Waals surface area contributed by atoms with Gasteiger partial charge in [-0.05, 0) is 43.9 Å². The van der Waals surface area contributed by atoms with Gasteiger partial charge in [0.15, 0.2) is 5.65 Å². The molecule has 1 fully saturated rings. The van der Waals surface area contributed by atoms with Gasteiger partial charge >= 0.3 is 0 Å². The van der Waals surface area contributed by atoms with Gasteiger partial charge in [-0.1, -0.05) is 23.8 Å². The molecule has 1 atom stereocenters. The minimum atomic E-state index is -0.0172. The molecule has 3 aromatic rings. The van der Waals surface area contributed by atoms with Gasteiger partial charge in [-0.3, -0.25) is 9.78 Å². The maximum Gasteiger partial charge on any atom is 0.225 e. The normalized spacial score (nSPS) is 16.9. The first kappa shape index (κ1) is 18.3. The summed E-state index contributed by atoms with van der Waals surface area (Å²) in [4.78, 5) is 28.0. The molecule has 0 saturated carbocycles. The quantitative estimate of drug-likeness (QED) is 0.758. The molecule has 1 saturated heterocycles. The van der Waals surface area contributed by atoms with E-state index in [1.807, 2.05) is 12.3 Å². The lowest BCUT2D eigenvalue weighted by Crippen LogP contribution is -2.43. The number of pyridine rings is 1. The van der Waals surface area contributed by atoms with Crippen LogP contribution in [0, 0.1) is 19.8 Å². The van der Waals surface area contributed by atoms with Crippen molar-refractivity contribution in [1.29, 1.82) is 0 Å². The summed E-state index contributed by atoms with van der Waals surface area (Å²) in [6.07, 6.45) is 7.04. The molecule has 0 unspecified atom stereocenters. The lowest BCUT2D eigenvalue weighted by molar-refractivity contribution is -0.125. The van der Waals surface area contributed by atoms with Crippen molar-refractivity contribution in [2.45, 2.75) is 33.2 Å². The van der Waals surface area contributed by atoms with Gasteiger partial charge < -0.3 is 10.2 Å². The van der Waals surface area contributed by atoms with Crippen LogP contribution in [-0.2, 0) is 11.3 Å². The molecule has 0 spiro atoms. The maximum atomic E-state index is 12.8. The number of aromatic nitrogens is 3. The molecule has 6 heteroatoms. The fourth-order valence-corrected chi connectivity index (χ4v) is 3.76. The van der Waals surface area contributed by atoms with Gasteiger partial charge in [0.1, 0.15) is 5.52 Å². The molecular weight excluding hydrogens is 350 g/mol. The van der Waals surface area contributed by atoms with E-state index in [1.165, 1.54) is 16.7 Å². The van der Waals surface area contributed by atoms with E-state index in [0.717, 1.165) is 30.6 Å². The van der Waals surface area contributed by atoms with Crippen molar-refractivity contribution in [2.24, 2.45) is 5.92 Å². The predicted molar refractivity (Wildman–Crippen MR) is 110 cm³/mol. The number of hydrogen-bond acceptors (Lipinski definition) is 5. The summed E-state index contributed by atoms with van der Waals surface area (Å²) in [7, 11) is 0. The summed E-state index contributed by atoms with van der Waals surface area (Å²) in [5.74, 6) is 0.107. The number of carbonyl (C=O) groups is 1. The lowest BCUT2D eigenvalue weighted by atomic mass is 9.96. The Kier molecular flexibility index (Phi) is 5.19. The molecule has 0 radical (unpaired) electrons. The zero-order chi connectivity index (χ0) is 19.5. The second kappa shape index (κ2) is 7.92. The standard InChI is InChI=1S/C22H25N5O/c1-15-5-6-16(2)18(10-15)12-26-22(28)17-4-3-9-27(14-17)19-11-20-21(25-13-19)24-8-7-23-20/h5-8,10-11,13,17H,3-4,9,12,14H2,1-2H3,(H,26,28)/t17-/m1/s1. The number of nitrogens with one attached hydrogen (secondary N) is 1. The highest BCUT2D eigenvalue weighted by Crippen LogP contribution is 2.24. The first-order valence-electron chi connectivity index (χ1n) is 9.76. The fraction of sp³-hybridized carbons (Fsp3) is 0.364. The number of rotatable bonds is 4. The van der Waals surface area contributed by atoms with E-state index in [0.29, 0.717) is 18.7 Å². The third kappa shape index (κ3) is 3.96. The fourth-order valence-electron chi connectivity index (χ4n) is 3.76. The van der Waals surface area contributed by atoms with Crippen LogP contribution in [0.5, 0.6) is 0 Å². The summed E-state index contributed by atoms with van der Waals surface area (Å²) in [6, 6.07) is 8.35. The van der Waals surface area contributed by atoms with Crippen LogP contribution in [-0.4, -0.2) is 33.9 Å². The molecule has 1 aromatic carbocycles. The number of anilines is 1. The van der Waals surface area contributed by atoms with Gasteiger partial charge in [0, 0.05) is 32.0 Å². The molecule has 4 rings (SSSR count). The van der Waals surface area contributed by atoms with Crippen molar-refractivity contribution in [3.05, 3.63) is 59.5 Å². The highest BCUT2D eigenvalue weighted by molar-refractivity contribution is 5.80. The second-order valence-electron chi connectivity index (χ2n) is 7.53. The molecule has 2 aromatic heterocycles. The Morgan fingerprint density at radius 1 is 1.18 bits per heavy atom. The number of piperidine rings is 1. The minimum Gasteiger partial charge on any atom is -0.369 e. The number of benzene rings is 1. The molecule has 3 heterocycles. The van der Waals surface area contributed by atoms with Gasteiger partial charge in [-0.15, -0.1) is 0 Å². The van der Waals surface area contributed by atoms with Crippen LogP contribution in [0.4, 0.5) is 5.69 Å². The van der Waals surface area contributed by atoms with E-state index in [2.05, 4.69) is 57.2 Å². The smallest absolute Gasteiger partial charge is 0.225 e. The van der Waals surface area contributed by atoms with Crippen molar-refractivity contribution in [2.75, 3.05) is 18.0 Å². The molecule has 1 amide bonds. The summed E-state index contributed by atoms with van der Waals surface area (Å²) < 4.78 is 0. The number of fused-ring (bicyclic) bond motifs is 1. The highest BCUT2D eigenvalue weighted by Gasteiger charge is 2.26. The van der Waals surface area contributed by atoms with Crippen LogP contribution in [0.25, 0.3) is 11.2 Å². The van der Waals surface area contributed by atoms with Crippen LogP contribution < -0.4 is 10.2 Å². The van der Waals surface area contributed by atoms with Crippen molar-refractivity contribution < 1.29 is 4.79 Å². The number of hydrogen-bond donors (Lipinski definition) is 1. The Hall–Kier alpha value is -3.02. The summed E-state index contributed by atoms with van der Waals surface area (Å²) >= 11 is 0. The van der Waals surface area contributed by atoms with E-state index in [1.54, 1.807) is 12.4 Å². The molecule has 6 nitrogen and oxygen atoms in total. The van der Waals surface area contributed by atoms with E-state index in [4.69, 9.17) is 0 Å². The largest absolute Gasteiger partial charge is 0.369 e. The van der Waals surface area contributed by atoms with Crippen LogP contribution in [0.2, 0.25) is 0 Å².